The second kappa shape index (κ2) is 8.15. The molecule has 1 heterocycles. The zero-order valence-electron chi connectivity index (χ0n) is 14.5. The van der Waals surface area contributed by atoms with Crippen LogP contribution >= 0.6 is 0 Å². The Morgan fingerprint density at radius 1 is 1.00 bits per heavy atom. The summed E-state index contributed by atoms with van der Waals surface area (Å²) in [5, 5.41) is 6.62. The Bertz CT molecular complexity index is 818. The van der Waals surface area contributed by atoms with E-state index in [2.05, 4.69) is 33.6 Å². The Morgan fingerprint density at radius 2 is 1.80 bits per heavy atom. The van der Waals surface area contributed by atoms with E-state index in [9.17, 15) is 0 Å². The fraction of sp³-hybridized carbons (Fsp3) is 0.200. The number of nitrogens with zero attached hydrogens (tertiary/aromatic N) is 2. The van der Waals surface area contributed by atoms with E-state index >= 15 is 0 Å². The van der Waals surface area contributed by atoms with Crippen LogP contribution in [0.15, 0.2) is 60.8 Å². The van der Waals surface area contributed by atoms with Crippen LogP contribution in [0.25, 0.3) is 0 Å². The summed E-state index contributed by atoms with van der Waals surface area (Å²) >= 11 is 0. The summed E-state index contributed by atoms with van der Waals surface area (Å²) in [6.07, 6.45) is 2.71. The van der Waals surface area contributed by atoms with Crippen LogP contribution < -0.4 is 15.4 Å². The Balaban J connectivity index is 1.66. The van der Waals surface area contributed by atoms with Crippen LogP contribution in [-0.4, -0.2) is 17.1 Å². The Hall–Kier alpha value is -3.08. The number of benzene rings is 2. The number of nitrogens with one attached hydrogen (secondary N) is 2. The predicted molar refractivity (Wildman–Crippen MR) is 101 cm³/mol. The van der Waals surface area contributed by atoms with E-state index in [0.29, 0.717) is 12.5 Å². The Labute approximate surface area is 148 Å². The van der Waals surface area contributed by atoms with Crippen molar-refractivity contribution in [2.24, 2.45) is 0 Å². The number of hydrogen-bond donors (Lipinski definition) is 2. The summed E-state index contributed by atoms with van der Waals surface area (Å²) in [4.78, 5) is 8.84. The Kier molecular flexibility index (Phi) is 5.46. The number of para-hydroxylation sites is 1. The zero-order valence-corrected chi connectivity index (χ0v) is 14.5. The molecule has 3 rings (SSSR count). The maximum Gasteiger partial charge on any atom is 0.229 e. The minimum atomic E-state index is 0.584. The summed E-state index contributed by atoms with van der Waals surface area (Å²) in [5.41, 5.74) is 3.44. The molecule has 0 atom stereocenters. The molecule has 1 aromatic heterocycles. The van der Waals surface area contributed by atoms with Gasteiger partial charge in [0, 0.05) is 18.4 Å². The molecule has 0 amide bonds. The van der Waals surface area contributed by atoms with E-state index in [0.717, 1.165) is 29.2 Å². The standard InChI is InChI=1S/C20H22N4O/c1-3-16-6-4-5-7-18(16)23-20-21-13-12-19(24-20)22-14-15-8-10-17(25-2)11-9-15/h4-13H,3,14H2,1-2H3,(H2,21,22,23,24). The first-order chi connectivity index (χ1) is 12.3. The van der Waals surface area contributed by atoms with E-state index in [4.69, 9.17) is 4.74 Å². The molecule has 5 heteroatoms. The van der Waals surface area contributed by atoms with Crippen LogP contribution in [0.5, 0.6) is 5.75 Å². The molecule has 128 valence electrons. The highest BCUT2D eigenvalue weighted by Gasteiger charge is 2.04. The van der Waals surface area contributed by atoms with Gasteiger partial charge in [0.05, 0.1) is 7.11 Å². The van der Waals surface area contributed by atoms with Crippen molar-refractivity contribution in [1.82, 2.24) is 9.97 Å². The van der Waals surface area contributed by atoms with Gasteiger partial charge in [-0.05, 0) is 41.8 Å². The van der Waals surface area contributed by atoms with Crippen LogP contribution in [0.4, 0.5) is 17.5 Å². The molecular formula is C20H22N4O. The normalized spacial score (nSPS) is 10.3. The van der Waals surface area contributed by atoms with Gasteiger partial charge in [0.25, 0.3) is 0 Å². The lowest BCUT2D eigenvalue weighted by atomic mass is 10.1. The molecule has 0 bridgehead atoms. The fourth-order valence-electron chi connectivity index (χ4n) is 2.52. The van der Waals surface area contributed by atoms with E-state index in [-0.39, 0.29) is 0 Å². The van der Waals surface area contributed by atoms with Gasteiger partial charge >= 0.3 is 0 Å². The van der Waals surface area contributed by atoms with Crippen LogP contribution in [-0.2, 0) is 13.0 Å². The van der Waals surface area contributed by atoms with Gasteiger partial charge in [-0.25, -0.2) is 4.98 Å². The van der Waals surface area contributed by atoms with E-state index in [1.165, 1.54) is 5.56 Å². The van der Waals surface area contributed by atoms with Crippen molar-refractivity contribution < 1.29 is 4.74 Å². The topological polar surface area (TPSA) is 59.1 Å². The number of rotatable bonds is 7. The summed E-state index contributed by atoms with van der Waals surface area (Å²) in [5.74, 6) is 2.22. The summed E-state index contributed by atoms with van der Waals surface area (Å²) < 4.78 is 5.17. The van der Waals surface area contributed by atoms with Crippen molar-refractivity contribution in [3.8, 4) is 5.75 Å². The third-order valence-electron chi connectivity index (χ3n) is 3.93. The van der Waals surface area contributed by atoms with Gasteiger partial charge in [-0.3, -0.25) is 0 Å². The maximum absolute atomic E-state index is 5.17. The molecule has 0 spiro atoms. The molecule has 25 heavy (non-hydrogen) atoms. The second-order valence-corrected chi connectivity index (χ2v) is 5.60. The third-order valence-corrected chi connectivity index (χ3v) is 3.93. The number of aryl methyl sites for hydroxylation is 1. The number of anilines is 3. The van der Waals surface area contributed by atoms with Gasteiger partial charge in [-0.2, -0.15) is 4.98 Å². The molecule has 5 nitrogen and oxygen atoms in total. The predicted octanol–water partition coefficient (Wildman–Crippen LogP) is 4.40. The van der Waals surface area contributed by atoms with Crippen molar-refractivity contribution in [2.75, 3.05) is 17.7 Å². The van der Waals surface area contributed by atoms with Crippen LogP contribution in [0.2, 0.25) is 0 Å². The van der Waals surface area contributed by atoms with E-state index in [1.807, 2.05) is 48.5 Å². The van der Waals surface area contributed by atoms with Crippen molar-refractivity contribution in [3.05, 3.63) is 71.9 Å². The highest BCUT2D eigenvalue weighted by atomic mass is 16.5. The first kappa shape index (κ1) is 16.8. The number of hydrogen-bond acceptors (Lipinski definition) is 5. The van der Waals surface area contributed by atoms with Gasteiger partial charge in [0.2, 0.25) is 5.95 Å². The third kappa shape index (κ3) is 4.47. The average Bonchev–Trinajstić information content (AvgIpc) is 2.67. The summed E-state index contributed by atoms with van der Waals surface area (Å²) in [6.45, 7) is 2.82. The minimum absolute atomic E-state index is 0.584. The average molecular weight is 334 g/mol. The lowest BCUT2D eigenvalue weighted by Gasteiger charge is -2.11. The first-order valence-electron chi connectivity index (χ1n) is 8.33. The van der Waals surface area contributed by atoms with Crippen LogP contribution in [0, 0.1) is 0 Å². The molecule has 0 aliphatic heterocycles. The molecular weight excluding hydrogens is 312 g/mol. The summed E-state index contributed by atoms with van der Waals surface area (Å²) in [7, 11) is 1.67. The van der Waals surface area contributed by atoms with Crippen LogP contribution in [0.1, 0.15) is 18.1 Å². The molecule has 0 radical (unpaired) electrons. The minimum Gasteiger partial charge on any atom is -0.497 e. The number of aromatic nitrogens is 2. The lowest BCUT2D eigenvalue weighted by molar-refractivity contribution is 0.414. The van der Waals surface area contributed by atoms with Crippen molar-refractivity contribution in [3.63, 3.8) is 0 Å². The van der Waals surface area contributed by atoms with Crippen molar-refractivity contribution in [1.29, 1.82) is 0 Å². The lowest BCUT2D eigenvalue weighted by Crippen LogP contribution is -2.05. The Morgan fingerprint density at radius 3 is 2.56 bits per heavy atom. The molecule has 0 aliphatic rings. The monoisotopic (exact) mass is 334 g/mol. The highest BCUT2D eigenvalue weighted by molar-refractivity contribution is 5.59. The first-order valence-corrected chi connectivity index (χ1v) is 8.33. The van der Waals surface area contributed by atoms with Gasteiger partial charge in [-0.15, -0.1) is 0 Å². The van der Waals surface area contributed by atoms with Crippen molar-refractivity contribution >= 4 is 17.5 Å². The van der Waals surface area contributed by atoms with Gasteiger partial charge in [0.1, 0.15) is 11.6 Å². The van der Waals surface area contributed by atoms with Crippen molar-refractivity contribution in [2.45, 2.75) is 19.9 Å². The highest BCUT2D eigenvalue weighted by Crippen LogP contribution is 2.20. The molecule has 2 aromatic carbocycles. The second-order valence-electron chi connectivity index (χ2n) is 5.60. The SMILES string of the molecule is CCc1ccccc1Nc1nccc(NCc2ccc(OC)cc2)n1. The molecule has 2 N–H and O–H groups in total. The molecule has 0 saturated carbocycles. The maximum atomic E-state index is 5.17. The molecule has 0 aliphatic carbocycles. The fourth-order valence-corrected chi connectivity index (χ4v) is 2.52. The molecule has 0 saturated heterocycles. The largest absolute Gasteiger partial charge is 0.497 e. The molecule has 0 unspecified atom stereocenters. The smallest absolute Gasteiger partial charge is 0.229 e. The van der Waals surface area contributed by atoms with Gasteiger partial charge in [0.15, 0.2) is 0 Å². The molecule has 3 aromatic rings. The summed E-state index contributed by atoms with van der Waals surface area (Å²) in [6, 6.07) is 18.0. The van der Waals surface area contributed by atoms with E-state index < -0.39 is 0 Å². The molecule has 0 fully saturated rings. The van der Waals surface area contributed by atoms with Gasteiger partial charge < -0.3 is 15.4 Å². The van der Waals surface area contributed by atoms with Crippen LogP contribution in [0.3, 0.4) is 0 Å². The van der Waals surface area contributed by atoms with E-state index in [1.54, 1.807) is 13.3 Å². The van der Waals surface area contributed by atoms with Gasteiger partial charge in [-0.1, -0.05) is 37.3 Å². The number of ether oxygens (including phenoxy) is 1. The zero-order chi connectivity index (χ0) is 17.5. The number of methoxy groups -OCH3 is 1. The quantitative estimate of drug-likeness (QED) is 0.670.